The molecular formula is C18H25N3O2. The lowest BCUT2D eigenvalue weighted by Gasteiger charge is -2.42. The van der Waals surface area contributed by atoms with Crippen LogP contribution in [0.2, 0.25) is 0 Å². The molecule has 1 saturated heterocycles. The summed E-state index contributed by atoms with van der Waals surface area (Å²) in [5, 5.41) is 9.38. The zero-order valence-electron chi connectivity index (χ0n) is 14.2. The number of anilines is 1. The smallest absolute Gasteiger partial charge is 0.159 e. The van der Waals surface area contributed by atoms with E-state index in [-0.39, 0.29) is 5.78 Å². The zero-order chi connectivity index (χ0) is 16.8. The van der Waals surface area contributed by atoms with Gasteiger partial charge >= 0.3 is 0 Å². The number of nitrogens with zero attached hydrogens (tertiary/aromatic N) is 3. The third kappa shape index (κ3) is 4.10. The van der Waals surface area contributed by atoms with Gasteiger partial charge in [0.05, 0.1) is 17.9 Å². The summed E-state index contributed by atoms with van der Waals surface area (Å²) >= 11 is 0. The van der Waals surface area contributed by atoms with E-state index in [0.29, 0.717) is 17.2 Å². The van der Waals surface area contributed by atoms with Crippen LogP contribution in [0.1, 0.15) is 36.2 Å². The van der Waals surface area contributed by atoms with Gasteiger partial charge in [0.1, 0.15) is 6.07 Å². The van der Waals surface area contributed by atoms with Gasteiger partial charge in [-0.15, -0.1) is 0 Å². The van der Waals surface area contributed by atoms with Gasteiger partial charge < -0.3 is 9.64 Å². The van der Waals surface area contributed by atoms with Crippen LogP contribution in [0, 0.1) is 11.3 Å². The number of ether oxygens (including phenoxy) is 1. The van der Waals surface area contributed by atoms with Gasteiger partial charge in [-0.3, -0.25) is 9.69 Å². The SMILES string of the molecule is CCC1CN(c2cc(C(C)=O)ccc2C#N)CCN1CCOC. The van der Waals surface area contributed by atoms with Gasteiger partial charge in [0.25, 0.3) is 0 Å². The maximum atomic E-state index is 11.6. The first-order valence-corrected chi connectivity index (χ1v) is 8.13. The molecule has 5 heteroatoms. The Morgan fingerprint density at radius 1 is 1.43 bits per heavy atom. The lowest BCUT2D eigenvalue weighted by Crippen LogP contribution is -2.54. The Hall–Kier alpha value is -1.90. The van der Waals surface area contributed by atoms with Gasteiger partial charge in [-0.1, -0.05) is 6.92 Å². The highest BCUT2D eigenvalue weighted by atomic mass is 16.5. The fourth-order valence-electron chi connectivity index (χ4n) is 3.11. The van der Waals surface area contributed by atoms with Crippen LogP contribution >= 0.6 is 0 Å². The Balaban J connectivity index is 2.21. The number of carbonyl (C=O) groups excluding carboxylic acids is 1. The third-order valence-electron chi connectivity index (χ3n) is 4.52. The van der Waals surface area contributed by atoms with Crippen molar-refractivity contribution in [2.45, 2.75) is 26.3 Å². The van der Waals surface area contributed by atoms with Crippen molar-refractivity contribution in [2.24, 2.45) is 0 Å². The molecule has 1 aromatic carbocycles. The molecule has 1 aromatic rings. The summed E-state index contributed by atoms with van der Waals surface area (Å²) in [7, 11) is 1.73. The summed E-state index contributed by atoms with van der Waals surface area (Å²) in [5.74, 6) is 0.0292. The average Bonchev–Trinajstić information content (AvgIpc) is 2.59. The van der Waals surface area contributed by atoms with Gasteiger partial charge in [-0.25, -0.2) is 0 Å². The molecule has 1 heterocycles. The minimum absolute atomic E-state index is 0.0292. The Morgan fingerprint density at radius 3 is 2.83 bits per heavy atom. The molecule has 0 saturated carbocycles. The van der Waals surface area contributed by atoms with Gasteiger partial charge in [0.15, 0.2) is 5.78 Å². The number of carbonyl (C=O) groups is 1. The Labute approximate surface area is 138 Å². The van der Waals surface area contributed by atoms with Crippen molar-refractivity contribution in [1.82, 2.24) is 4.90 Å². The van der Waals surface area contributed by atoms with E-state index in [2.05, 4.69) is 22.8 Å². The highest BCUT2D eigenvalue weighted by Gasteiger charge is 2.27. The van der Waals surface area contributed by atoms with E-state index in [1.54, 1.807) is 26.2 Å². The Morgan fingerprint density at radius 2 is 2.22 bits per heavy atom. The summed E-state index contributed by atoms with van der Waals surface area (Å²) in [4.78, 5) is 16.3. The van der Waals surface area contributed by atoms with Crippen LogP contribution < -0.4 is 4.90 Å². The predicted molar refractivity (Wildman–Crippen MR) is 90.9 cm³/mol. The van der Waals surface area contributed by atoms with E-state index in [0.717, 1.165) is 44.9 Å². The van der Waals surface area contributed by atoms with Crippen molar-refractivity contribution in [3.05, 3.63) is 29.3 Å². The number of hydrogen-bond donors (Lipinski definition) is 0. The van der Waals surface area contributed by atoms with Crippen LogP contribution in [0.5, 0.6) is 0 Å². The van der Waals surface area contributed by atoms with Crippen molar-refractivity contribution in [2.75, 3.05) is 44.8 Å². The van der Waals surface area contributed by atoms with Crippen LogP contribution in [-0.2, 0) is 4.74 Å². The summed E-state index contributed by atoms with van der Waals surface area (Å²) in [5.41, 5.74) is 2.18. The number of piperazine rings is 1. The second-order valence-electron chi connectivity index (χ2n) is 5.94. The molecule has 2 rings (SSSR count). The molecule has 0 spiro atoms. The van der Waals surface area contributed by atoms with Crippen LogP contribution in [0.3, 0.4) is 0 Å². The summed E-state index contributed by atoms with van der Waals surface area (Å²) in [6.07, 6.45) is 1.05. The first-order chi connectivity index (χ1) is 11.1. The van der Waals surface area contributed by atoms with Crippen molar-refractivity contribution in [3.8, 4) is 6.07 Å². The van der Waals surface area contributed by atoms with Crippen LogP contribution in [0.15, 0.2) is 18.2 Å². The largest absolute Gasteiger partial charge is 0.383 e. The standard InChI is InChI=1S/C18H25N3O2/c1-4-17-13-21(8-7-20(17)9-10-23-3)18-11-15(14(2)22)5-6-16(18)12-19/h5-6,11,17H,4,7-10,13H2,1-3H3. The molecule has 0 amide bonds. The normalized spacial score (nSPS) is 18.7. The number of methoxy groups -OCH3 is 1. The van der Waals surface area contributed by atoms with Crippen molar-refractivity contribution < 1.29 is 9.53 Å². The molecule has 5 nitrogen and oxygen atoms in total. The molecule has 1 aliphatic heterocycles. The minimum Gasteiger partial charge on any atom is -0.383 e. The van der Waals surface area contributed by atoms with E-state index >= 15 is 0 Å². The molecule has 1 unspecified atom stereocenters. The maximum absolute atomic E-state index is 11.6. The maximum Gasteiger partial charge on any atom is 0.159 e. The molecule has 0 radical (unpaired) electrons. The zero-order valence-corrected chi connectivity index (χ0v) is 14.2. The summed E-state index contributed by atoms with van der Waals surface area (Å²) in [6.45, 7) is 8.08. The Kier molecular flexibility index (Phi) is 6.14. The number of ketones is 1. The highest BCUT2D eigenvalue weighted by Crippen LogP contribution is 2.25. The van der Waals surface area contributed by atoms with E-state index in [1.807, 2.05) is 6.07 Å². The van der Waals surface area contributed by atoms with E-state index < -0.39 is 0 Å². The molecule has 23 heavy (non-hydrogen) atoms. The van der Waals surface area contributed by atoms with Crippen molar-refractivity contribution in [3.63, 3.8) is 0 Å². The second-order valence-corrected chi connectivity index (χ2v) is 5.94. The summed E-state index contributed by atoms with van der Waals surface area (Å²) in [6, 6.07) is 8.03. The molecule has 0 aromatic heterocycles. The van der Waals surface area contributed by atoms with Crippen LogP contribution in [0.4, 0.5) is 5.69 Å². The number of rotatable bonds is 6. The van der Waals surface area contributed by atoms with E-state index in [9.17, 15) is 10.1 Å². The first kappa shape index (κ1) is 17.5. The Bertz CT molecular complexity index is 594. The molecule has 0 bridgehead atoms. The second kappa shape index (κ2) is 8.09. The first-order valence-electron chi connectivity index (χ1n) is 8.13. The molecular weight excluding hydrogens is 290 g/mol. The highest BCUT2D eigenvalue weighted by molar-refractivity contribution is 5.95. The summed E-state index contributed by atoms with van der Waals surface area (Å²) < 4.78 is 5.19. The van der Waals surface area contributed by atoms with Crippen LogP contribution in [0.25, 0.3) is 0 Å². The molecule has 0 aliphatic carbocycles. The number of benzene rings is 1. The van der Waals surface area contributed by atoms with Gasteiger partial charge in [0, 0.05) is 44.9 Å². The monoisotopic (exact) mass is 315 g/mol. The average molecular weight is 315 g/mol. The quantitative estimate of drug-likeness (QED) is 0.754. The lowest BCUT2D eigenvalue weighted by atomic mass is 10.0. The predicted octanol–water partition coefficient (Wildman–Crippen LogP) is 2.31. The fraction of sp³-hybridized carbons (Fsp3) is 0.556. The van der Waals surface area contributed by atoms with Gasteiger partial charge in [-0.2, -0.15) is 5.26 Å². The molecule has 124 valence electrons. The van der Waals surface area contributed by atoms with E-state index in [4.69, 9.17) is 4.74 Å². The number of hydrogen-bond acceptors (Lipinski definition) is 5. The molecule has 1 aliphatic rings. The van der Waals surface area contributed by atoms with Crippen molar-refractivity contribution >= 4 is 11.5 Å². The number of Topliss-reactive ketones (excluding diaryl/α,β-unsaturated/α-hetero) is 1. The van der Waals surface area contributed by atoms with Gasteiger partial charge in [-0.05, 0) is 31.5 Å². The molecule has 1 fully saturated rings. The third-order valence-corrected chi connectivity index (χ3v) is 4.52. The minimum atomic E-state index is 0.0292. The van der Waals surface area contributed by atoms with Crippen molar-refractivity contribution in [1.29, 1.82) is 5.26 Å². The lowest BCUT2D eigenvalue weighted by molar-refractivity contribution is 0.101. The van der Waals surface area contributed by atoms with E-state index in [1.165, 1.54) is 0 Å². The molecule has 1 atom stereocenters. The fourth-order valence-corrected chi connectivity index (χ4v) is 3.11. The number of nitriles is 1. The van der Waals surface area contributed by atoms with Crippen LogP contribution in [-0.4, -0.2) is 56.6 Å². The molecule has 0 N–H and O–H groups in total. The topological polar surface area (TPSA) is 56.6 Å². The van der Waals surface area contributed by atoms with Gasteiger partial charge in [0.2, 0.25) is 0 Å².